The molecule has 0 atom stereocenters. The zero-order chi connectivity index (χ0) is 26.8. The number of rotatable bonds is 6. The Morgan fingerprint density at radius 2 is 1.68 bits per heavy atom. The van der Waals surface area contributed by atoms with Crippen molar-refractivity contribution in [2.24, 2.45) is 0 Å². The maximum atomic E-state index is 13.9. The van der Waals surface area contributed by atoms with Crippen molar-refractivity contribution in [1.29, 1.82) is 0 Å². The van der Waals surface area contributed by atoms with Crippen LogP contribution in [0.3, 0.4) is 0 Å². The van der Waals surface area contributed by atoms with Gasteiger partial charge in [-0.1, -0.05) is 24.3 Å². The fraction of sp³-hybridized carbons (Fsp3) is 0.241. The maximum absolute atomic E-state index is 13.9. The molecule has 0 saturated carbocycles. The summed E-state index contributed by atoms with van der Waals surface area (Å²) in [6.07, 6.45) is 0. The SMILES string of the molecule is COc1cccc(-c2cc(C(=O)N3CCN(c4ccc([N+](=O)[O-])cc4)CC3)n(-c3cc(C)ccc3C)n2)c1. The molecule has 9 heteroatoms. The third-order valence-electron chi connectivity index (χ3n) is 6.88. The summed E-state index contributed by atoms with van der Waals surface area (Å²) in [5, 5.41) is 15.8. The fourth-order valence-electron chi connectivity index (χ4n) is 4.70. The van der Waals surface area contributed by atoms with Crippen LogP contribution in [0.2, 0.25) is 0 Å². The zero-order valence-electron chi connectivity index (χ0n) is 21.6. The topological polar surface area (TPSA) is 93.7 Å². The summed E-state index contributed by atoms with van der Waals surface area (Å²) in [5.74, 6) is 0.634. The molecule has 38 heavy (non-hydrogen) atoms. The van der Waals surface area contributed by atoms with Gasteiger partial charge in [0.25, 0.3) is 11.6 Å². The second kappa shape index (κ2) is 10.4. The normalized spacial score (nSPS) is 13.4. The van der Waals surface area contributed by atoms with Crippen molar-refractivity contribution in [1.82, 2.24) is 14.7 Å². The van der Waals surface area contributed by atoms with E-state index in [1.807, 2.05) is 67.3 Å². The first-order valence-electron chi connectivity index (χ1n) is 12.4. The Morgan fingerprint density at radius 3 is 2.37 bits per heavy atom. The van der Waals surface area contributed by atoms with E-state index >= 15 is 0 Å². The minimum absolute atomic E-state index is 0.0640. The summed E-state index contributed by atoms with van der Waals surface area (Å²) in [6, 6.07) is 22.2. The lowest BCUT2D eigenvalue weighted by molar-refractivity contribution is -0.384. The average Bonchev–Trinajstić information content (AvgIpc) is 3.39. The molecule has 0 aliphatic carbocycles. The molecule has 1 saturated heterocycles. The number of nitro benzene ring substituents is 1. The summed E-state index contributed by atoms with van der Waals surface area (Å²) >= 11 is 0. The molecule has 0 radical (unpaired) electrons. The molecular weight excluding hydrogens is 482 g/mol. The van der Waals surface area contributed by atoms with Crippen LogP contribution in [0.4, 0.5) is 11.4 Å². The molecule has 0 spiro atoms. The molecule has 0 unspecified atom stereocenters. The third-order valence-corrected chi connectivity index (χ3v) is 6.88. The van der Waals surface area contributed by atoms with Gasteiger partial charge in [-0.3, -0.25) is 14.9 Å². The number of aryl methyl sites for hydroxylation is 2. The van der Waals surface area contributed by atoms with Gasteiger partial charge in [0.1, 0.15) is 11.4 Å². The standard InChI is InChI=1S/C29H29N5O4/c1-20-7-8-21(2)27(17-20)33-28(19-26(30-33)22-5-4-6-25(18-22)38-3)29(35)32-15-13-31(14-16-32)23-9-11-24(12-10-23)34(36)37/h4-12,17-19H,13-16H2,1-3H3. The van der Waals surface area contributed by atoms with E-state index in [-0.39, 0.29) is 11.6 Å². The van der Waals surface area contributed by atoms with E-state index in [0.717, 1.165) is 33.8 Å². The second-order valence-electron chi connectivity index (χ2n) is 9.40. The number of carbonyl (C=O) groups excluding carboxylic acids is 1. The molecule has 194 valence electrons. The van der Waals surface area contributed by atoms with E-state index in [4.69, 9.17) is 9.84 Å². The number of ether oxygens (including phenoxy) is 1. The van der Waals surface area contributed by atoms with Crippen molar-refractivity contribution >= 4 is 17.3 Å². The monoisotopic (exact) mass is 511 g/mol. The quantitative estimate of drug-likeness (QED) is 0.266. The maximum Gasteiger partial charge on any atom is 0.272 e. The molecule has 1 aliphatic heterocycles. The number of aromatic nitrogens is 2. The summed E-state index contributed by atoms with van der Waals surface area (Å²) in [7, 11) is 1.62. The van der Waals surface area contributed by atoms with Crippen LogP contribution in [0, 0.1) is 24.0 Å². The molecular formula is C29H29N5O4. The van der Waals surface area contributed by atoms with E-state index in [0.29, 0.717) is 37.6 Å². The number of piperazine rings is 1. The van der Waals surface area contributed by atoms with Crippen LogP contribution >= 0.6 is 0 Å². The van der Waals surface area contributed by atoms with Crippen LogP contribution in [-0.2, 0) is 0 Å². The molecule has 9 nitrogen and oxygen atoms in total. The van der Waals surface area contributed by atoms with Gasteiger partial charge in [0.05, 0.1) is 23.4 Å². The fourth-order valence-corrected chi connectivity index (χ4v) is 4.70. The van der Waals surface area contributed by atoms with Gasteiger partial charge < -0.3 is 14.5 Å². The highest BCUT2D eigenvalue weighted by Crippen LogP contribution is 2.28. The summed E-state index contributed by atoms with van der Waals surface area (Å²) in [4.78, 5) is 28.4. The van der Waals surface area contributed by atoms with Gasteiger partial charge in [-0.15, -0.1) is 0 Å². The largest absolute Gasteiger partial charge is 0.497 e. The number of anilines is 1. The molecule has 3 aromatic carbocycles. The molecule has 1 fully saturated rings. The molecule has 0 N–H and O–H groups in total. The van der Waals surface area contributed by atoms with E-state index in [1.165, 1.54) is 12.1 Å². The molecule has 1 aliphatic rings. The summed E-state index contributed by atoms with van der Waals surface area (Å²) in [6.45, 7) is 6.35. The zero-order valence-corrected chi connectivity index (χ0v) is 21.6. The lowest BCUT2D eigenvalue weighted by Gasteiger charge is -2.36. The van der Waals surface area contributed by atoms with Crippen LogP contribution in [0.25, 0.3) is 16.9 Å². The van der Waals surface area contributed by atoms with Crippen molar-refractivity contribution in [2.45, 2.75) is 13.8 Å². The number of nitrogens with zero attached hydrogens (tertiary/aromatic N) is 5. The first-order chi connectivity index (χ1) is 18.3. The van der Waals surface area contributed by atoms with Crippen molar-refractivity contribution < 1.29 is 14.5 Å². The lowest BCUT2D eigenvalue weighted by Crippen LogP contribution is -2.49. The average molecular weight is 512 g/mol. The number of non-ortho nitro benzene ring substituents is 1. The molecule has 4 aromatic rings. The Bertz CT molecular complexity index is 1490. The first-order valence-corrected chi connectivity index (χ1v) is 12.4. The van der Waals surface area contributed by atoms with Gasteiger partial charge in [-0.25, -0.2) is 4.68 Å². The van der Waals surface area contributed by atoms with E-state index < -0.39 is 4.92 Å². The predicted octanol–water partition coefficient (Wildman–Crippen LogP) is 5.04. The van der Waals surface area contributed by atoms with Crippen molar-refractivity contribution in [2.75, 3.05) is 38.2 Å². The number of amides is 1. The minimum atomic E-state index is -0.404. The molecule has 2 heterocycles. The Hall–Kier alpha value is -4.66. The van der Waals surface area contributed by atoms with Crippen LogP contribution in [0.1, 0.15) is 21.6 Å². The van der Waals surface area contributed by atoms with Crippen LogP contribution in [0.5, 0.6) is 5.75 Å². The van der Waals surface area contributed by atoms with E-state index in [9.17, 15) is 14.9 Å². The highest BCUT2D eigenvalue weighted by Gasteiger charge is 2.27. The summed E-state index contributed by atoms with van der Waals surface area (Å²) in [5.41, 5.74) is 6.00. The summed E-state index contributed by atoms with van der Waals surface area (Å²) < 4.78 is 7.14. The molecule has 1 aromatic heterocycles. The van der Waals surface area contributed by atoms with Gasteiger partial charge in [-0.2, -0.15) is 5.10 Å². The van der Waals surface area contributed by atoms with Crippen LogP contribution in [0.15, 0.2) is 72.8 Å². The van der Waals surface area contributed by atoms with Gasteiger partial charge >= 0.3 is 0 Å². The number of methoxy groups -OCH3 is 1. The van der Waals surface area contributed by atoms with Crippen molar-refractivity contribution in [3.8, 4) is 22.7 Å². The second-order valence-corrected chi connectivity index (χ2v) is 9.40. The van der Waals surface area contributed by atoms with Gasteiger partial charge in [-0.05, 0) is 61.4 Å². The Morgan fingerprint density at radius 1 is 0.947 bits per heavy atom. The van der Waals surface area contributed by atoms with Crippen LogP contribution in [-0.4, -0.2) is 58.8 Å². The van der Waals surface area contributed by atoms with Gasteiger partial charge in [0, 0.05) is 49.6 Å². The molecule has 1 amide bonds. The van der Waals surface area contributed by atoms with Gasteiger partial charge in [0.15, 0.2) is 0 Å². The van der Waals surface area contributed by atoms with E-state index in [1.54, 1.807) is 23.9 Å². The Kier molecular flexibility index (Phi) is 6.83. The predicted molar refractivity (Wildman–Crippen MR) is 146 cm³/mol. The minimum Gasteiger partial charge on any atom is -0.497 e. The first kappa shape index (κ1) is 25.0. The van der Waals surface area contributed by atoms with Gasteiger partial charge in [0.2, 0.25) is 0 Å². The number of carbonyl (C=O) groups is 1. The lowest BCUT2D eigenvalue weighted by atomic mass is 10.1. The third kappa shape index (κ3) is 4.95. The highest BCUT2D eigenvalue weighted by molar-refractivity contribution is 5.94. The highest BCUT2D eigenvalue weighted by atomic mass is 16.6. The number of nitro groups is 1. The van der Waals surface area contributed by atoms with Crippen molar-refractivity contribution in [3.63, 3.8) is 0 Å². The van der Waals surface area contributed by atoms with Crippen molar-refractivity contribution in [3.05, 3.63) is 99.7 Å². The van der Waals surface area contributed by atoms with Crippen LogP contribution < -0.4 is 9.64 Å². The smallest absolute Gasteiger partial charge is 0.272 e. The Balaban J connectivity index is 1.43. The molecule has 0 bridgehead atoms. The number of hydrogen-bond acceptors (Lipinski definition) is 6. The number of hydrogen-bond donors (Lipinski definition) is 0. The Labute approximate surface area is 221 Å². The van der Waals surface area contributed by atoms with E-state index in [2.05, 4.69) is 4.90 Å². The number of benzene rings is 3. The molecule has 5 rings (SSSR count).